The lowest BCUT2D eigenvalue weighted by atomic mass is 10.1. The van der Waals surface area contributed by atoms with Gasteiger partial charge in [-0.15, -0.1) is 0 Å². The molecule has 0 aromatic heterocycles. The number of carbonyl (C=O) groups is 4. The van der Waals surface area contributed by atoms with Crippen LogP contribution in [0, 0.1) is 20.2 Å². The largest absolute Gasteiger partial charge is 0.393 e. The Morgan fingerprint density at radius 2 is 0.660 bits per heavy atom. The molecule has 16 nitrogen and oxygen atoms in total. The van der Waals surface area contributed by atoms with E-state index in [1.807, 2.05) is 0 Å². The fourth-order valence-corrected chi connectivity index (χ4v) is 4.55. The summed E-state index contributed by atoms with van der Waals surface area (Å²) < 4.78 is 0. The van der Waals surface area contributed by atoms with Crippen molar-refractivity contribution in [3.8, 4) is 0 Å². The second kappa shape index (κ2) is 14.4. The Morgan fingerprint density at radius 3 is 0.940 bits per heavy atom. The normalized spacial score (nSPS) is 10.4. The first kappa shape index (κ1) is 33.7. The maximum atomic E-state index is 12.8. The average molecular weight is 675 g/mol. The van der Waals surface area contributed by atoms with Crippen molar-refractivity contribution in [1.82, 2.24) is 0 Å². The Balaban J connectivity index is 1.13. The number of hydrogen-bond acceptors (Lipinski definition) is 10. The molecule has 0 saturated heterocycles. The van der Waals surface area contributed by atoms with Crippen molar-refractivity contribution in [1.29, 1.82) is 0 Å². The topological polar surface area (TPSA) is 255 Å². The molecule has 0 bridgehead atoms. The summed E-state index contributed by atoms with van der Waals surface area (Å²) in [5.41, 5.74) is 12.6. The molecule has 0 aliphatic heterocycles. The van der Waals surface area contributed by atoms with Crippen molar-refractivity contribution in [3.63, 3.8) is 0 Å². The Morgan fingerprint density at radius 1 is 0.420 bits per heavy atom. The van der Waals surface area contributed by atoms with Gasteiger partial charge in [0.05, 0.1) is 9.85 Å². The highest BCUT2D eigenvalue weighted by molar-refractivity contribution is 6.09. The number of anilines is 6. The summed E-state index contributed by atoms with van der Waals surface area (Å²) in [5.74, 6) is -1.99. The standard InChI is InChI=1S/C34H26N8O8/c35-27-15-13-25(17-29(27)41(47)48)39-33(45)21-5-9-23(10-6-21)37-31(43)19-1-2-20(4-3-19)32(44)38-24-11-7-22(8-12-24)34(46)40-26-14-16-28(36)30(18-26)42(49)50/h1-18H,35-36H2,(H,37,43)(H,38,44)(H,39,45)(H,40,46). The number of rotatable bonds is 10. The van der Waals surface area contributed by atoms with Crippen LogP contribution < -0.4 is 32.7 Å². The Bertz CT molecular complexity index is 2000. The zero-order valence-electron chi connectivity index (χ0n) is 25.7. The van der Waals surface area contributed by atoms with Crippen LogP contribution in [0.5, 0.6) is 0 Å². The number of hydrogen-bond donors (Lipinski definition) is 6. The number of amides is 4. The van der Waals surface area contributed by atoms with E-state index < -0.39 is 33.5 Å². The quantitative estimate of drug-likeness (QED) is 0.0600. The summed E-state index contributed by atoms with van der Waals surface area (Å²) in [5, 5.41) is 32.7. The fraction of sp³-hybridized carbons (Fsp3) is 0. The van der Waals surface area contributed by atoms with Gasteiger partial charge in [0.15, 0.2) is 0 Å². The van der Waals surface area contributed by atoms with E-state index in [4.69, 9.17) is 11.5 Å². The van der Waals surface area contributed by atoms with E-state index in [1.165, 1.54) is 97.1 Å². The molecule has 0 atom stereocenters. The zero-order chi connectivity index (χ0) is 35.9. The molecule has 50 heavy (non-hydrogen) atoms. The van der Waals surface area contributed by atoms with Gasteiger partial charge >= 0.3 is 0 Å². The van der Waals surface area contributed by atoms with Crippen LogP contribution in [0.25, 0.3) is 0 Å². The molecule has 0 unspecified atom stereocenters. The molecule has 250 valence electrons. The van der Waals surface area contributed by atoms with Crippen LogP contribution in [0.1, 0.15) is 41.4 Å². The van der Waals surface area contributed by atoms with E-state index in [9.17, 15) is 39.4 Å². The monoisotopic (exact) mass is 674 g/mol. The van der Waals surface area contributed by atoms with Crippen molar-refractivity contribution in [2.75, 3.05) is 32.7 Å². The van der Waals surface area contributed by atoms with Crippen LogP contribution in [0.3, 0.4) is 0 Å². The molecule has 0 saturated carbocycles. The highest BCUT2D eigenvalue weighted by Gasteiger charge is 2.16. The van der Waals surface area contributed by atoms with Crippen LogP contribution >= 0.6 is 0 Å². The molecular formula is C34H26N8O8. The lowest BCUT2D eigenvalue weighted by Gasteiger charge is -2.09. The van der Waals surface area contributed by atoms with Crippen LogP contribution in [0.2, 0.25) is 0 Å². The first-order valence-corrected chi connectivity index (χ1v) is 14.5. The van der Waals surface area contributed by atoms with Gasteiger partial charge in [0.2, 0.25) is 0 Å². The number of nitrogens with two attached hydrogens (primary N) is 2. The summed E-state index contributed by atoms with van der Waals surface area (Å²) in [6.07, 6.45) is 0. The van der Waals surface area contributed by atoms with Crippen LogP contribution in [-0.2, 0) is 0 Å². The molecule has 5 aromatic rings. The molecule has 0 aliphatic rings. The summed E-state index contributed by atoms with van der Waals surface area (Å²) in [6, 6.07) is 25.6. The van der Waals surface area contributed by atoms with Crippen molar-refractivity contribution >= 4 is 69.1 Å². The van der Waals surface area contributed by atoms with Crippen molar-refractivity contribution in [3.05, 3.63) is 152 Å². The molecule has 0 radical (unpaired) electrons. The van der Waals surface area contributed by atoms with Crippen molar-refractivity contribution in [2.45, 2.75) is 0 Å². The number of nitrogen functional groups attached to an aromatic ring is 2. The van der Waals surface area contributed by atoms with Gasteiger partial charge in [-0.05, 0) is 97.1 Å². The van der Waals surface area contributed by atoms with Gasteiger partial charge in [-0.2, -0.15) is 0 Å². The summed E-state index contributed by atoms with van der Waals surface area (Å²) in [4.78, 5) is 71.7. The Hall–Kier alpha value is -7.62. The molecule has 4 amide bonds. The first-order chi connectivity index (χ1) is 23.9. The van der Waals surface area contributed by atoms with E-state index in [2.05, 4.69) is 21.3 Å². The third-order valence-corrected chi connectivity index (χ3v) is 7.19. The number of carbonyl (C=O) groups excluding carboxylic acids is 4. The molecule has 8 N–H and O–H groups in total. The fourth-order valence-electron chi connectivity index (χ4n) is 4.55. The third-order valence-electron chi connectivity index (χ3n) is 7.19. The van der Waals surface area contributed by atoms with Gasteiger partial charge in [0.1, 0.15) is 11.4 Å². The predicted octanol–water partition coefficient (Wildman–Crippen LogP) is 5.68. The molecule has 16 heteroatoms. The van der Waals surface area contributed by atoms with E-state index in [1.54, 1.807) is 0 Å². The van der Waals surface area contributed by atoms with Crippen LogP contribution in [0.15, 0.2) is 109 Å². The van der Waals surface area contributed by atoms with E-state index >= 15 is 0 Å². The van der Waals surface area contributed by atoms with E-state index in [-0.39, 0.29) is 56.4 Å². The molecule has 5 rings (SSSR count). The minimum Gasteiger partial charge on any atom is -0.393 e. The lowest BCUT2D eigenvalue weighted by Crippen LogP contribution is -2.15. The SMILES string of the molecule is Nc1ccc(NC(=O)c2ccc(NC(=O)c3ccc(C(=O)Nc4ccc(C(=O)Nc5ccc(N)c([N+](=O)[O-])c5)cc4)cc3)cc2)cc1[N+](=O)[O-]. The van der Waals surface area contributed by atoms with Crippen molar-refractivity contribution < 1.29 is 29.0 Å². The highest BCUT2D eigenvalue weighted by atomic mass is 16.6. The number of nitro groups is 2. The molecule has 0 aliphatic carbocycles. The Labute approximate surface area is 282 Å². The molecule has 5 aromatic carbocycles. The number of nitrogens with zero attached hydrogens (tertiary/aromatic N) is 2. The van der Waals surface area contributed by atoms with Crippen LogP contribution in [-0.4, -0.2) is 33.5 Å². The third kappa shape index (κ3) is 8.02. The van der Waals surface area contributed by atoms with Gasteiger partial charge in [0, 0.05) is 57.1 Å². The molecule has 0 heterocycles. The lowest BCUT2D eigenvalue weighted by molar-refractivity contribution is -0.384. The molecule has 0 fully saturated rings. The molecule has 0 spiro atoms. The van der Waals surface area contributed by atoms with Gasteiger partial charge in [0.25, 0.3) is 35.0 Å². The van der Waals surface area contributed by atoms with E-state index in [0.717, 1.165) is 12.1 Å². The van der Waals surface area contributed by atoms with Gasteiger partial charge in [-0.3, -0.25) is 39.4 Å². The molecular weight excluding hydrogens is 648 g/mol. The first-order valence-electron chi connectivity index (χ1n) is 14.5. The smallest absolute Gasteiger partial charge is 0.294 e. The predicted molar refractivity (Wildman–Crippen MR) is 186 cm³/mol. The minimum atomic E-state index is -0.651. The summed E-state index contributed by atoms with van der Waals surface area (Å²) in [6.45, 7) is 0. The summed E-state index contributed by atoms with van der Waals surface area (Å²) in [7, 11) is 0. The second-order valence-electron chi connectivity index (χ2n) is 10.6. The van der Waals surface area contributed by atoms with Gasteiger partial charge in [-0.25, -0.2) is 0 Å². The average Bonchev–Trinajstić information content (AvgIpc) is 3.10. The number of benzene rings is 5. The maximum absolute atomic E-state index is 12.8. The summed E-state index contributed by atoms with van der Waals surface area (Å²) >= 11 is 0. The maximum Gasteiger partial charge on any atom is 0.294 e. The van der Waals surface area contributed by atoms with Crippen LogP contribution in [0.4, 0.5) is 45.5 Å². The van der Waals surface area contributed by atoms with Gasteiger partial charge < -0.3 is 32.7 Å². The van der Waals surface area contributed by atoms with E-state index in [0.29, 0.717) is 11.4 Å². The number of nitro benzene ring substituents is 2. The Kier molecular flexibility index (Phi) is 9.74. The van der Waals surface area contributed by atoms with Crippen molar-refractivity contribution in [2.24, 2.45) is 0 Å². The number of nitrogens with one attached hydrogen (secondary N) is 4. The minimum absolute atomic E-state index is 0.0337. The second-order valence-corrected chi connectivity index (χ2v) is 10.6. The zero-order valence-corrected chi connectivity index (χ0v) is 25.7. The highest BCUT2D eigenvalue weighted by Crippen LogP contribution is 2.27. The van der Waals surface area contributed by atoms with Gasteiger partial charge in [-0.1, -0.05) is 0 Å².